The highest BCUT2D eigenvalue weighted by Crippen LogP contribution is 2.23. The van der Waals surface area contributed by atoms with E-state index in [1.54, 1.807) is 6.20 Å². The fraction of sp³-hybridized carbons (Fsp3) is 0.385. The first kappa shape index (κ1) is 13.1. The van der Waals surface area contributed by atoms with E-state index in [9.17, 15) is 4.79 Å². The second-order valence-corrected chi connectivity index (χ2v) is 6.22. The van der Waals surface area contributed by atoms with Gasteiger partial charge in [-0.05, 0) is 45.4 Å². The van der Waals surface area contributed by atoms with Gasteiger partial charge in [-0.25, -0.2) is 4.79 Å². The van der Waals surface area contributed by atoms with Gasteiger partial charge < -0.3 is 4.84 Å². The van der Waals surface area contributed by atoms with E-state index in [0.717, 1.165) is 20.9 Å². The molecule has 0 N–H and O–H groups in total. The van der Waals surface area contributed by atoms with Crippen LogP contribution in [0.2, 0.25) is 0 Å². The molecule has 0 spiro atoms. The topological polar surface area (TPSA) is 44.1 Å². The van der Waals surface area contributed by atoms with E-state index in [1.165, 1.54) is 4.85 Å². The molecular weight excluding hydrogens is 296 g/mol. The first-order chi connectivity index (χ1) is 8.29. The van der Waals surface area contributed by atoms with Crippen molar-refractivity contribution < 1.29 is 9.63 Å². The van der Waals surface area contributed by atoms with Gasteiger partial charge in [-0.2, -0.15) is 0 Å². The number of hydrogen-bond acceptors (Lipinski definition) is 3. The second-order valence-electron chi connectivity index (χ2n) is 5.31. The molecule has 0 aliphatic heterocycles. The van der Waals surface area contributed by atoms with Crippen LogP contribution in [-0.2, 0) is 4.79 Å². The molecule has 4 nitrogen and oxygen atoms in total. The highest BCUT2D eigenvalue weighted by atomic mass is 79.9. The number of nitrogens with zero attached hydrogens (tertiary/aromatic N) is 2. The largest absolute Gasteiger partial charge is 0.340 e. The number of aryl methyl sites for hydroxylation is 1. The Hall–Kier alpha value is -1.36. The Morgan fingerprint density at radius 3 is 2.67 bits per heavy atom. The van der Waals surface area contributed by atoms with Crippen molar-refractivity contribution in [2.75, 3.05) is 0 Å². The Morgan fingerprint density at radius 1 is 1.39 bits per heavy atom. The molecule has 0 fully saturated rings. The maximum atomic E-state index is 11.9. The normalized spacial score (nSPS) is 11.8. The molecule has 0 radical (unpaired) electrons. The third-order valence-corrected chi connectivity index (χ3v) is 3.03. The molecule has 96 valence electrons. The van der Waals surface area contributed by atoms with Crippen molar-refractivity contribution in [2.24, 2.45) is 5.41 Å². The van der Waals surface area contributed by atoms with Crippen LogP contribution in [0.15, 0.2) is 22.8 Å². The van der Waals surface area contributed by atoms with Gasteiger partial charge in [0.2, 0.25) is 0 Å². The van der Waals surface area contributed by atoms with Crippen LogP contribution in [0.1, 0.15) is 26.3 Å². The van der Waals surface area contributed by atoms with Crippen molar-refractivity contribution in [1.82, 2.24) is 9.94 Å². The van der Waals surface area contributed by atoms with E-state index in [-0.39, 0.29) is 5.97 Å². The van der Waals surface area contributed by atoms with Crippen LogP contribution in [0.4, 0.5) is 0 Å². The summed E-state index contributed by atoms with van der Waals surface area (Å²) in [5, 5.41) is 5.04. The molecule has 2 aromatic rings. The smallest absolute Gasteiger partial charge is 0.318 e. The van der Waals surface area contributed by atoms with Crippen LogP contribution in [-0.4, -0.2) is 15.9 Å². The molecule has 1 aromatic heterocycles. The molecule has 0 atom stereocenters. The van der Waals surface area contributed by atoms with Crippen LogP contribution >= 0.6 is 15.9 Å². The minimum Gasteiger partial charge on any atom is -0.318 e. The van der Waals surface area contributed by atoms with E-state index in [2.05, 4.69) is 21.0 Å². The lowest BCUT2D eigenvalue weighted by Gasteiger charge is -2.16. The van der Waals surface area contributed by atoms with Crippen molar-refractivity contribution >= 4 is 32.8 Å². The van der Waals surface area contributed by atoms with Gasteiger partial charge in [-0.1, -0.05) is 20.8 Å². The Bertz CT molecular complexity index is 611. The number of carbonyl (C=O) groups excluding carboxylic acids is 1. The van der Waals surface area contributed by atoms with Gasteiger partial charge >= 0.3 is 5.97 Å². The molecule has 0 saturated carbocycles. The lowest BCUT2D eigenvalue weighted by molar-refractivity contribution is -0.154. The summed E-state index contributed by atoms with van der Waals surface area (Å²) >= 11 is 3.43. The Labute approximate surface area is 114 Å². The SMILES string of the molecule is Cc1cc(Br)cc2cnn(OC(=O)C(C)(C)C)c12. The molecule has 0 unspecified atom stereocenters. The maximum absolute atomic E-state index is 11.9. The zero-order chi connectivity index (χ0) is 13.5. The standard InChI is InChI=1S/C13H15BrN2O2/c1-8-5-10(14)6-9-7-15-16(11(8)9)18-12(17)13(2,3)4/h5-7H,1-4H3. The molecule has 1 heterocycles. The van der Waals surface area contributed by atoms with Crippen molar-refractivity contribution in [3.05, 3.63) is 28.4 Å². The van der Waals surface area contributed by atoms with Gasteiger partial charge in [-0.3, -0.25) is 0 Å². The van der Waals surface area contributed by atoms with Crippen molar-refractivity contribution in [3.8, 4) is 0 Å². The molecule has 0 bridgehead atoms. The fourth-order valence-corrected chi connectivity index (χ4v) is 2.17. The quantitative estimate of drug-likeness (QED) is 0.813. The summed E-state index contributed by atoms with van der Waals surface area (Å²) in [6.45, 7) is 7.38. The molecular formula is C13H15BrN2O2. The predicted molar refractivity (Wildman–Crippen MR) is 73.2 cm³/mol. The Morgan fingerprint density at radius 2 is 2.06 bits per heavy atom. The molecule has 1 aromatic carbocycles. The van der Waals surface area contributed by atoms with E-state index >= 15 is 0 Å². The van der Waals surface area contributed by atoms with E-state index < -0.39 is 5.41 Å². The van der Waals surface area contributed by atoms with E-state index in [1.807, 2.05) is 39.8 Å². The molecule has 18 heavy (non-hydrogen) atoms. The average Bonchev–Trinajstić information content (AvgIpc) is 2.59. The highest BCUT2D eigenvalue weighted by Gasteiger charge is 2.25. The molecule has 0 aliphatic rings. The predicted octanol–water partition coefficient (Wildman–Crippen LogP) is 3.11. The number of hydrogen-bond donors (Lipinski definition) is 0. The third kappa shape index (κ3) is 2.41. The van der Waals surface area contributed by atoms with Crippen LogP contribution in [0.3, 0.4) is 0 Å². The highest BCUT2D eigenvalue weighted by molar-refractivity contribution is 9.10. The summed E-state index contributed by atoms with van der Waals surface area (Å²) in [5.74, 6) is -0.310. The van der Waals surface area contributed by atoms with Crippen molar-refractivity contribution in [3.63, 3.8) is 0 Å². The molecule has 5 heteroatoms. The first-order valence-electron chi connectivity index (χ1n) is 5.65. The summed E-state index contributed by atoms with van der Waals surface area (Å²) < 4.78 is 0.981. The fourth-order valence-electron chi connectivity index (χ4n) is 1.58. The Kier molecular flexibility index (Phi) is 3.19. The molecule has 0 aliphatic carbocycles. The van der Waals surface area contributed by atoms with Crippen LogP contribution in [0, 0.1) is 12.3 Å². The average molecular weight is 311 g/mol. The Balaban J connectivity index is 2.45. The number of halogens is 1. The van der Waals surface area contributed by atoms with Gasteiger partial charge in [0.05, 0.1) is 11.6 Å². The van der Waals surface area contributed by atoms with Gasteiger partial charge in [0.25, 0.3) is 0 Å². The third-order valence-electron chi connectivity index (χ3n) is 2.57. The van der Waals surface area contributed by atoms with Gasteiger partial charge in [0.1, 0.15) is 5.52 Å². The molecule has 0 amide bonds. The molecule has 2 rings (SSSR count). The summed E-state index contributed by atoms with van der Waals surface area (Å²) in [5.41, 5.74) is 1.26. The van der Waals surface area contributed by atoms with Crippen molar-refractivity contribution in [1.29, 1.82) is 0 Å². The van der Waals surface area contributed by atoms with Crippen LogP contribution in [0.5, 0.6) is 0 Å². The summed E-state index contributed by atoms with van der Waals surface area (Å²) in [4.78, 5) is 18.5. The lowest BCUT2D eigenvalue weighted by atomic mass is 9.98. The number of carbonyl (C=O) groups is 1. The maximum Gasteiger partial charge on any atom is 0.340 e. The zero-order valence-electron chi connectivity index (χ0n) is 10.8. The van der Waals surface area contributed by atoms with E-state index in [0.29, 0.717) is 0 Å². The summed E-state index contributed by atoms with van der Waals surface area (Å²) in [6, 6.07) is 3.90. The number of benzene rings is 1. The minimum atomic E-state index is -0.554. The number of rotatable bonds is 1. The van der Waals surface area contributed by atoms with Crippen LogP contribution in [0.25, 0.3) is 10.9 Å². The van der Waals surface area contributed by atoms with Gasteiger partial charge in [0, 0.05) is 9.86 Å². The van der Waals surface area contributed by atoms with Gasteiger partial charge in [-0.15, -0.1) is 5.10 Å². The van der Waals surface area contributed by atoms with Gasteiger partial charge in [0.15, 0.2) is 0 Å². The lowest BCUT2D eigenvalue weighted by Crippen LogP contribution is -2.31. The molecule has 0 saturated heterocycles. The monoisotopic (exact) mass is 310 g/mol. The first-order valence-corrected chi connectivity index (χ1v) is 6.45. The number of aromatic nitrogens is 2. The van der Waals surface area contributed by atoms with E-state index in [4.69, 9.17) is 4.84 Å². The van der Waals surface area contributed by atoms with Crippen LogP contribution < -0.4 is 4.84 Å². The number of fused-ring (bicyclic) bond motifs is 1. The summed E-state index contributed by atoms with van der Waals surface area (Å²) in [7, 11) is 0. The second kappa shape index (κ2) is 4.39. The van der Waals surface area contributed by atoms with Crippen molar-refractivity contribution in [2.45, 2.75) is 27.7 Å². The zero-order valence-corrected chi connectivity index (χ0v) is 12.4. The summed E-state index contributed by atoms with van der Waals surface area (Å²) in [6.07, 6.45) is 1.68. The minimum absolute atomic E-state index is 0.310.